The van der Waals surface area contributed by atoms with E-state index in [1.54, 1.807) is 13.3 Å². The summed E-state index contributed by atoms with van der Waals surface area (Å²) in [5, 5.41) is 2.58. The normalized spacial score (nSPS) is 9.83. The average molecular weight is 242 g/mol. The van der Waals surface area contributed by atoms with Crippen molar-refractivity contribution in [3.8, 4) is 16.9 Å². The van der Waals surface area contributed by atoms with Crippen LogP contribution >= 0.6 is 0 Å². The van der Waals surface area contributed by atoms with Gasteiger partial charge in [0.2, 0.25) is 6.41 Å². The Kier molecular flexibility index (Phi) is 3.91. The van der Waals surface area contributed by atoms with Gasteiger partial charge in [0.25, 0.3) is 0 Å². The van der Waals surface area contributed by atoms with E-state index in [0.29, 0.717) is 13.0 Å². The first-order chi connectivity index (χ1) is 8.85. The van der Waals surface area contributed by atoms with Crippen LogP contribution in [-0.2, 0) is 11.3 Å². The number of aromatic nitrogens is 1. The Balaban J connectivity index is 2.25. The van der Waals surface area contributed by atoms with E-state index in [1.807, 2.05) is 36.4 Å². The summed E-state index contributed by atoms with van der Waals surface area (Å²) in [7, 11) is 1.65. The van der Waals surface area contributed by atoms with Crippen LogP contribution in [0.15, 0.2) is 42.6 Å². The molecule has 0 bridgehead atoms. The number of nitrogens with one attached hydrogen (secondary N) is 1. The van der Waals surface area contributed by atoms with Gasteiger partial charge in [0.15, 0.2) is 0 Å². The lowest BCUT2D eigenvalue weighted by molar-refractivity contribution is -0.109. The summed E-state index contributed by atoms with van der Waals surface area (Å²) in [6.45, 7) is 0.440. The number of methoxy groups -OCH3 is 1. The van der Waals surface area contributed by atoms with Gasteiger partial charge in [-0.3, -0.25) is 9.78 Å². The summed E-state index contributed by atoms with van der Waals surface area (Å²) in [5.74, 6) is 0.818. The molecule has 1 aromatic carbocycles. The molecule has 0 aliphatic carbocycles. The smallest absolute Gasteiger partial charge is 0.207 e. The van der Waals surface area contributed by atoms with Crippen molar-refractivity contribution in [2.75, 3.05) is 7.11 Å². The summed E-state index contributed by atoms with van der Waals surface area (Å²) in [6.07, 6.45) is 2.44. The minimum atomic E-state index is 0.440. The van der Waals surface area contributed by atoms with Gasteiger partial charge < -0.3 is 10.1 Å². The molecular weight excluding hydrogens is 228 g/mol. The molecule has 1 amide bonds. The van der Waals surface area contributed by atoms with Gasteiger partial charge in [-0.15, -0.1) is 0 Å². The molecule has 0 aliphatic rings. The van der Waals surface area contributed by atoms with Crippen molar-refractivity contribution in [3.05, 3.63) is 48.3 Å². The predicted octanol–water partition coefficient (Wildman–Crippen LogP) is 2.00. The van der Waals surface area contributed by atoms with Crippen LogP contribution in [0.2, 0.25) is 0 Å². The van der Waals surface area contributed by atoms with Crippen molar-refractivity contribution >= 4 is 6.41 Å². The zero-order valence-corrected chi connectivity index (χ0v) is 10.1. The maximum Gasteiger partial charge on any atom is 0.207 e. The third-order valence-electron chi connectivity index (χ3n) is 2.61. The third kappa shape index (κ3) is 2.66. The number of carbonyl (C=O) groups excluding carboxylic acids is 1. The lowest BCUT2D eigenvalue weighted by atomic mass is 10.1. The molecule has 1 aromatic heterocycles. The molecule has 92 valence electrons. The standard InChI is InChI=1S/C14H14N2O2/c1-18-14-5-3-2-4-13(14)11-6-7-12(16-8-11)9-15-10-17/h2-8,10H,9H2,1H3,(H,15,17). The number of ether oxygens (including phenoxy) is 1. The highest BCUT2D eigenvalue weighted by Crippen LogP contribution is 2.28. The van der Waals surface area contributed by atoms with Crippen molar-refractivity contribution in [2.45, 2.75) is 6.54 Å². The fourth-order valence-electron chi connectivity index (χ4n) is 1.72. The molecule has 4 heteroatoms. The predicted molar refractivity (Wildman–Crippen MR) is 69.1 cm³/mol. The van der Waals surface area contributed by atoms with E-state index in [-0.39, 0.29) is 0 Å². The lowest BCUT2D eigenvalue weighted by Gasteiger charge is -2.08. The number of hydrogen-bond donors (Lipinski definition) is 1. The summed E-state index contributed by atoms with van der Waals surface area (Å²) < 4.78 is 5.31. The molecule has 0 saturated carbocycles. The topological polar surface area (TPSA) is 51.2 Å². The van der Waals surface area contributed by atoms with Crippen LogP contribution in [0, 0.1) is 0 Å². The highest BCUT2D eigenvalue weighted by molar-refractivity contribution is 5.69. The molecule has 0 radical (unpaired) electrons. The van der Waals surface area contributed by atoms with Gasteiger partial charge in [0, 0.05) is 17.3 Å². The van der Waals surface area contributed by atoms with Crippen LogP contribution in [0.25, 0.3) is 11.1 Å². The first-order valence-corrected chi connectivity index (χ1v) is 5.60. The van der Waals surface area contributed by atoms with Gasteiger partial charge in [0.05, 0.1) is 19.3 Å². The van der Waals surface area contributed by atoms with Gasteiger partial charge in [0.1, 0.15) is 5.75 Å². The monoisotopic (exact) mass is 242 g/mol. The lowest BCUT2D eigenvalue weighted by Crippen LogP contribution is -2.10. The Labute approximate surface area is 106 Å². The maximum atomic E-state index is 10.2. The minimum Gasteiger partial charge on any atom is -0.496 e. The zero-order chi connectivity index (χ0) is 12.8. The highest BCUT2D eigenvalue weighted by Gasteiger charge is 2.04. The number of para-hydroxylation sites is 1. The number of amides is 1. The zero-order valence-electron chi connectivity index (χ0n) is 10.1. The molecule has 1 heterocycles. The van der Waals surface area contributed by atoms with E-state index in [1.165, 1.54) is 0 Å². The molecule has 0 spiro atoms. The second-order valence-corrected chi connectivity index (χ2v) is 3.74. The molecule has 0 fully saturated rings. The van der Waals surface area contributed by atoms with Crippen molar-refractivity contribution in [1.29, 1.82) is 0 Å². The number of hydrogen-bond acceptors (Lipinski definition) is 3. The van der Waals surface area contributed by atoms with Gasteiger partial charge in [-0.1, -0.05) is 24.3 Å². The van der Waals surface area contributed by atoms with Crippen LogP contribution in [-0.4, -0.2) is 18.5 Å². The van der Waals surface area contributed by atoms with E-state index in [4.69, 9.17) is 4.74 Å². The molecule has 0 saturated heterocycles. The number of pyridine rings is 1. The van der Waals surface area contributed by atoms with Crippen LogP contribution in [0.1, 0.15) is 5.69 Å². The van der Waals surface area contributed by atoms with Gasteiger partial charge in [-0.2, -0.15) is 0 Å². The molecule has 2 aromatic rings. The number of carbonyl (C=O) groups is 1. The summed E-state index contributed by atoms with van der Waals surface area (Å²) >= 11 is 0. The van der Waals surface area contributed by atoms with E-state index < -0.39 is 0 Å². The van der Waals surface area contributed by atoms with Crippen LogP contribution < -0.4 is 10.1 Å². The van der Waals surface area contributed by atoms with Crippen molar-refractivity contribution < 1.29 is 9.53 Å². The Morgan fingerprint density at radius 3 is 2.78 bits per heavy atom. The molecule has 0 unspecified atom stereocenters. The summed E-state index contributed by atoms with van der Waals surface area (Å²) in [5.41, 5.74) is 2.81. The van der Waals surface area contributed by atoms with Crippen LogP contribution in [0.3, 0.4) is 0 Å². The van der Waals surface area contributed by atoms with E-state index in [9.17, 15) is 4.79 Å². The first kappa shape index (κ1) is 12.1. The van der Waals surface area contributed by atoms with Crippen molar-refractivity contribution in [2.24, 2.45) is 0 Å². The number of benzene rings is 1. The average Bonchev–Trinajstić information content (AvgIpc) is 2.45. The Morgan fingerprint density at radius 2 is 2.11 bits per heavy atom. The molecule has 0 aliphatic heterocycles. The van der Waals surface area contributed by atoms with E-state index in [0.717, 1.165) is 22.6 Å². The fraction of sp³-hybridized carbons (Fsp3) is 0.143. The molecule has 4 nitrogen and oxygen atoms in total. The summed E-state index contributed by atoms with van der Waals surface area (Å²) in [4.78, 5) is 14.5. The van der Waals surface area contributed by atoms with Crippen molar-refractivity contribution in [1.82, 2.24) is 10.3 Å². The highest BCUT2D eigenvalue weighted by atomic mass is 16.5. The van der Waals surface area contributed by atoms with E-state index in [2.05, 4.69) is 10.3 Å². The van der Waals surface area contributed by atoms with Crippen molar-refractivity contribution in [3.63, 3.8) is 0 Å². The summed E-state index contributed by atoms with van der Waals surface area (Å²) in [6, 6.07) is 11.6. The Bertz CT molecular complexity index is 524. The Hall–Kier alpha value is -2.36. The quantitative estimate of drug-likeness (QED) is 0.816. The Morgan fingerprint density at radius 1 is 1.28 bits per heavy atom. The van der Waals surface area contributed by atoms with Gasteiger partial charge in [-0.25, -0.2) is 0 Å². The van der Waals surface area contributed by atoms with Crippen LogP contribution in [0.5, 0.6) is 5.75 Å². The fourth-order valence-corrected chi connectivity index (χ4v) is 1.72. The maximum absolute atomic E-state index is 10.2. The number of rotatable bonds is 5. The minimum absolute atomic E-state index is 0.440. The molecule has 1 N–H and O–H groups in total. The third-order valence-corrected chi connectivity index (χ3v) is 2.61. The SMILES string of the molecule is COc1ccccc1-c1ccc(CNC=O)nc1. The van der Waals surface area contributed by atoms with Gasteiger partial charge in [-0.05, 0) is 12.1 Å². The van der Waals surface area contributed by atoms with Crippen LogP contribution in [0.4, 0.5) is 0 Å². The molecule has 2 rings (SSSR count). The van der Waals surface area contributed by atoms with E-state index >= 15 is 0 Å². The first-order valence-electron chi connectivity index (χ1n) is 5.60. The molecule has 18 heavy (non-hydrogen) atoms. The van der Waals surface area contributed by atoms with Gasteiger partial charge >= 0.3 is 0 Å². The molecular formula is C14H14N2O2. The second-order valence-electron chi connectivity index (χ2n) is 3.74. The largest absolute Gasteiger partial charge is 0.496 e. The second kappa shape index (κ2) is 5.82. The molecule has 0 atom stereocenters. The number of nitrogens with zero attached hydrogens (tertiary/aromatic N) is 1.